The zero-order chi connectivity index (χ0) is 16.4. The fraction of sp³-hybridized carbons (Fsp3) is 0.0588. The van der Waals surface area contributed by atoms with Crippen molar-refractivity contribution in [2.45, 2.75) is 6.54 Å². The molecule has 0 radical (unpaired) electrons. The monoisotopic (exact) mass is 320 g/mol. The van der Waals surface area contributed by atoms with Crippen LogP contribution in [0.2, 0.25) is 0 Å². The molecule has 0 atom stereocenters. The Morgan fingerprint density at radius 1 is 0.958 bits per heavy atom. The molecule has 0 spiro atoms. The van der Waals surface area contributed by atoms with E-state index >= 15 is 0 Å². The summed E-state index contributed by atoms with van der Waals surface area (Å²) in [5.41, 5.74) is 2.14. The lowest BCUT2D eigenvalue weighted by Crippen LogP contribution is -2.03. The van der Waals surface area contributed by atoms with Crippen LogP contribution < -0.4 is 0 Å². The van der Waals surface area contributed by atoms with Gasteiger partial charge in [-0.2, -0.15) is 9.90 Å². The van der Waals surface area contributed by atoms with E-state index in [1.165, 1.54) is 15.5 Å². The molecular formula is C17H13FN6. The van der Waals surface area contributed by atoms with E-state index in [9.17, 15) is 4.39 Å². The molecule has 118 valence electrons. The molecule has 24 heavy (non-hydrogen) atoms. The Hall–Kier alpha value is -3.35. The van der Waals surface area contributed by atoms with Crippen LogP contribution in [0.3, 0.4) is 0 Å². The van der Waals surface area contributed by atoms with E-state index < -0.39 is 0 Å². The molecular weight excluding hydrogens is 307 g/mol. The van der Waals surface area contributed by atoms with Gasteiger partial charge in [0.2, 0.25) is 5.82 Å². The van der Waals surface area contributed by atoms with Gasteiger partial charge in [-0.05, 0) is 22.9 Å². The van der Waals surface area contributed by atoms with Crippen molar-refractivity contribution in [3.05, 3.63) is 78.4 Å². The highest BCUT2D eigenvalue weighted by Gasteiger charge is 2.11. The molecule has 0 aliphatic rings. The quantitative estimate of drug-likeness (QED) is 0.580. The number of para-hydroxylation sites is 1. The zero-order valence-electron chi connectivity index (χ0n) is 12.6. The van der Waals surface area contributed by atoms with Crippen molar-refractivity contribution in [2.75, 3.05) is 0 Å². The van der Waals surface area contributed by atoms with Crippen molar-refractivity contribution >= 4 is 0 Å². The summed E-state index contributed by atoms with van der Waals surface area (Å²) in [6.45, 7) is 0.537. The van der Waals surface area contributed by atoms with E-state index in [4.69, 9.17) is 0 Å². The molecule has 0 unspecified atom stereocenters. The smallest absolute Gasteiger partial charge is 0.208 e. The number of nitrogens with zero attached hydrogens (tertiary/aromatic N) is 6. The Bertz CT molecular complexity index is 960. The number of tetrazole rings is 1. The van der Waals surface area contributed by atoms with Crippen LogP contribution in [-0.4, -0.2) is 30.0 Å². The average Bonchev–Trinajstić information content (AvgIpc) is 3.25. The third kappa shape index (κ3) is 2.79. The second-order valence-corrected chi connectivity index (χ2v) is 5.25. The van der Waals surface area contributed by atoms with Gasteiger partial charge in [0.1, 0.15) is 11.5 Å². The van der Waals surface area contributed by atoms with Gasteiger partial charge in [0.05, 0.1) is 18.3 Å². The van der Waals surface area contributed by atoms with Crippen molar-refractivity contribution < 1.29 is 4.39 Å². The van der Waals surface area contributed by atoms with Gasteiger partial charge < -0.3 is 0 Å². The molecule has 4 rings (SSSR count). The Morgan fingerprint density at radius 2 is 1.75 bits per heavy atom. The molecule has 2 aromatic heterocycles. The molecule has 6 nitrogen and oxygen atoms in total. The van der Waals surface area contributed by atoms with Crippen LogP contribution in [0.25, 0.3) is 17.1 Å². The van der Waals surface area contributed by atoms with E-state index in [1.54, 1.807) is 30.6 Å². The predicted octanol–water partition coefficient (Wildman–Crippen LogP) is 2.71. The molecule has 2 heterocycles. The number of halogens is 1. The Labute approximate surface area is 137 Å². The molecule has 0 fully saturated rings. The summed E-state index contributed by atoms with van der Waals surface area (Å²) in [5, 5.41) is 16.6. The highest BCUT2D eigenvalue weighted by atomic mass is 19.1. The van der Waals surface area contributed by atoms with Crippen LogP contribution >= 0.6 is 0 Å². The van der Waals surface area contributed by atoms with Gasteiger partial charge in [0, 0.05) is 6.20 Å². The highest BCUT2D eigenvalue weighted by Crippen LogP contribution is 2.17. The van der Waals surface area contributed by atoms with E-state index in [2.05, 4.69) is 20.5 Å². The molecule has 0 N–H and O–H groups in total. The summed E-state index contributed by atoms with van der Waals surface area (Å²) >= 11 is 0. The molecule has 0 amide bonds. The van der Waals surface area contributed by atoms with E-state index in [1.807, 2.05) is 30.3 Å². The van der Waals surface area contributed by atoms with Crippen LogP contribution in [0.1, 0.15) is 5.56 Å². The van der Waals surface area contributed by atoms with Crippen molar-refractivity contribution in [2.24, 2.45) is 0 Å². The first-order valence-electron chi connectivity index (χ1n) is 7.41. The van der Waals surface area contributed by atoms with Gasteiger partial charge in [0.15, 0.2) is 0 Å². The first-order valence-corrected chi connectivity index (χ1v) is 7.41. The average molecular weight is 320 g/mol. The van der Waals surface area contributed by atoms with Crippen LogP contribution in [0.4, 0.5) is 4.39 Å². The van der Waals surface area contributed by atoms with E-state index in [0.29, 0.717) is 23.6 Å². The number of rotatable bonds is 4. The Morgan fingerprint density at radius 3 is 2.58 bits per heavy atom. The van der Waals surface area contributed by atoms with Crippen molar-refractivity contribution in [3.8, 4) is 17.1 Å². The van der Waals surface area contributed by atoms with Crippen LogP contribution in [0.5, 0.6) is 0 Å². The fourth-order valence-corrected chi connectivity index (χ4v) is 2.38. The minimum atomic E-state index is -0.340. The lowest BCUT2D eigenvalue weighted by atomic mass is 10.2. The Kier molecular flexibility index (Phi) is 3.59. The number of hydrogen-bond donors (Lipinski definition) is 0. The topological polar surface area (TPSA) is 61.4 Å². The van der Waals surface area contributed by atoms with E-state index in [-0.39, 0.29) is 5.82 Å². The molecule has 0 aliphatic heterocycles. The molecule has 0 saturated heterocycles. The molecule has 4 aromatic rings. The lowest BCUT2D eigenvalue weighted by Gasteiger charge is -2.01. The minimum Gasteiger partial charge on any atom is -0.237 e. The van der Waals surface area contributed by atoms with Gasteiger partial charge in [-0.3, -0.25) is 0 Å². The predicted molar refractivity (Wildman–Crippen MR) is 85.9 cm³/mol. The van der Waals surface area contributed by atoms with Gasteiger partial charge >= 0.3 is 0 Å². The molecule has 2 aromatic carbocycles. The van der Waals surface area contributed by atoms with Crippen LogP contribution in [0, 0.1) is 5.82 Å². The third-order valence-electron chi connectivity index (χ3n) is 3.56. The van der Waals surface area contributed by atoms with Crippen molar-refractivity contribution in [1.82, 2.24) is 30.0 Å². The Balaban J connectivity index is 1.58. The molecule has 0 aliphatic carbocycles. The summed E-state index contributed by atoms with van der Waals surface area (Å²) in [7, 11) is 0. The minimum absolute atomic E-state index is 0.340. The van der Waals surface area contributed by atoms with E-state index in [0.717, 1.165) is 5.56 Å². The third-order valence-corrected chi connectivity index (χ3v) is 3.56. The summed E-state index contributed by atoms with van der Waals surface area (Å²) in [6.07, 6.45) is 3.28. The van der Waals surface area contributed by atoms with Gasteiger partial charge in [-0.15, -0.1) is 10.2 Å². The second-order valence-electron chi connectivity index (χ2n) is 5.25. The fourth-order valence-electron chi connectivity index (χ4n) is 2.38. The van der Waals surface area contributed by atoms with Crippen molar-refractivity contribution in [1.29, 1.82) is 0 Å². The first-order chi connectivity index (χ1) is 11.8. The zero-order valence-corrected chi connectivity index (χ0v) is 12.6. The summed E-state index contributed by atoms with van der Waals surface area (Å²) < 4.78 is 15.3. The lowest BCUT2D eigenvalue weighted by molar-refractivity contribution is 0.573. The number of benzene rings is 2. The maximum atomic E-state index is 13.8. The molecule has 7 heteroatoms. The van der Waals surface area contributed by atoms with Gasteiger partial charge in [-0.1, -0.05) is 42.5 Å². The van der Waals surface area contributed by atoms with Crippen LogP contribution in [0.15, 0.2) is 67.0 Å². The highest BCUT2D eigenvalue weighted by molar-refractivity contribution is 5.52. The van der Waals surface area contributed by atoms with Crippen LogP contribution in [-0.2, 0) is 6.54 Å². The summed E-state index contributed by atoms with van der Waals surface area (Å²) in [4.78, 5) is 1.52. The van der Waals surface area contributed by atoms with Crippen molar-refractivity contribution in [3.63, 3.8) is 0 Å². The van der Waals surface area contributed by atoms with Gasteiger partial charge in [-0.25, -0.2) is 9.07 Å². The maximum absolute atomic E-state index is 13.8. The van der Waals surface area contributed by atoms with Gasteiger partial charge in [0.25, 0.3) is 0 Å². The first kappa shape index (κ1) is 14.3. The normalized spacial score (nSPS) is 10.9. The maximum Gasteiger partial charge on any atom is 0.208 e. The summed E-state index contributed by atoms with van der Waals surface area (Å²) in [6, 6.07) is 16.3. The number of aromatic nitrogens is 6. The SMILES string of the molecule is Fc1ccccc1-n1cc(-c2nnn(Cc3ccccc3)n2)cn1. The molecule has 0 bridgehead atoms. The summed E-state index contributed by atoms with van der Waals surface area (Å²) in [5.74, 6) is 0.112. The second kappa shape index (κ2) is 6.04. The number of hydrogen-bond acceptors (Lipinski definition) is 4. The molecule has 0 saturated carbocycles. The standard InChI is InChI=1S/C17H13FN6/c18-15-8-4-5-9-16(15)23-12-14(10-19-23)17-20-22-24(21-17)11-13-6-2-1-3-7-13/h1-10,12H,11H2. The largest absolute Gasteiger partial charge is 0.237 e.